The minimum absolute atomic E-state index is 0.0720. The minimum Gasteiger partial charge on any atom is -0.467 e. The van der Waals surface area contributed by atoms with E-state index in [4.69, 9.17) is 4.42 Å². The van der Waals surface area contributed by atoms with Gasteiger partial charge in [-0.1, -0.05) is 6.92 Å². The number of fused-ring (bicyclic) bond motifs is 1. The maximum Gasteiger partial charge on any atom is 0.410 e. The van der Waals surface area contributed by atoms with Gasteiger partial charge in [-0.2, -0.15) is 18.3 Å². The smallest absolute Gasteiger partial charge is 0.410 e. The normalized spacial score (nSPS) is 17.9. The van der Waals surface area contributed by atoms with Crippen LogP contribution in [0.25, 0.3) is 0 Å². The van der Waals surface area contributed by atoms with Crippen LogP contribution in [-0.4, -0.2) is 27.8 Å². The van der Waals surface area contributed by atoms with E-state index in [2.05, 4.69) is 21.0 Å². The summed E-state index contributed by atoms with van der Waals surface area (Å²) in [5, 5.41) is 12.2. The standard InChI is InChI=1S/C21H20F3N5O3/c1-2-19(30)25-12-5-7-13(8-6-12)26-20(31)15-11-18-27-14(16-4-3-9-32-16)10-17(21(22,23)24)29(18)28-15/h3-9,11,14,17,27H,2,10H2,1H3,(H,25,30)(H,26,31)/t14-,17-/m0/s1. The molecule has 1 aliphatic rings. The topological polar surface area (TPSA) is 101 Å². The van der Waals surface area contributed by atoms with E-state index in [0.717, 1.165) is 4.68 Å². The van der Waals surface area contributed by atoms with Crippen LogP contribution < -0.4 is 16.0 Å². The van der Waals surface area contributed by atoms with Crippen LogP contribution >= 0.6 is 0 Å². The number of halogens is 3. The van der Waals surface area contributed by atoms with Gasteiger partial charge >= 0.3 is 6.18 Å². The Morgan fingerprint density at radius 3 is 2.47 bits per heavy atom. The molecule has 11 heteroatoms. The third-order valence-corrected chi connectivity index (χ3v) is 5.06. The second kappa shape index (κ2) is 8.40. The Labute approximate surface area is 180 Å². The van der Waals surface area contributed by atoms with Crippen LogP contribution in [0.2, 0.25) is 0 Å². The highest BCUT2D eigenvalue weighted by Crippen LogP contribution is 2.43. The van der Waals surface area contributed by atoms with Crippen molar-refractivity contribution in [3.05, 3.63) is 60.2 Å². The van der Waals surface area contributed by atoms with Gasteiger partial charge in [0.2, 0.25) is 5.91 Å². The summed E-state index contributed by atoms with van der Waals surface area (Å²) < 4.78 is 47.1. The van der Waals surface area contributed by atoms with Gasteiger partial charge in [-0.05, 0) is 36.4 Å². The fourth-order valence-electron chi connectivity index (χ4n) is 3.44. The zero-order valence-corrected chi connectivity index (χ0v) is 16.9. The van der Waals surface area contributed by atoms with E-state index in [9.17, 15) is 22.8 Å². The molecule has 2 amide bonds. The number of hydrogen-bond donors (Lipinski definition) is 3. The highest BCUT2D eigenvalue weighted by molar-refractivity contribution is 6.03. The number of amides is 2. The molecular weight excluding hydrogens is 427 g/mol. The summed E-state index contributed by atoms with van der Waals surface area (Å²) in [6.07, 6.45) is -3.15. The van der Waals surface area contributed by atoms with E-state index < -0.39 is 24.2 Å². The van der Waals surface area contributed by atoms with Crippen molar-refractivity contribution in [1.29, 1.82) is 0 Å². The quantitative estimate of drug-likeness (QED) is 0.525. The number of carbonyl (C=O) groups excluding carboxylic acids is 2. The lowest BCUT2D eigenvalue weighted by atomic mass is 10.0. The van der Waals surface area contributed by atoms with Crippen LogP contribution in [0.3, 0.4) is 0 Å². The number of nitrogens with zero attached hydrogens (tertiary/aromatic N) is 2. The lowest BCUT2D eigenvalue weighted by Crippen LogP contribution is -2.35. The van der Waals surface area contributed by atoms with Gasteiger partial charge < -0.3 is 20.4 Å². The molecule has 1 aromatic carbocycles. The van der Waals surface area contributed by atoms with Crippen molar-refractivity contribution in [1.82, 2.24) is 9.78 Å². The molecule has 32 heavy (non-hydrogen) atoms. The van der Waals surface area contributed by atoms with Gasteiger partial charge in [0.1, 0.15) is 11.6 Å². The number of aromatic nitrogens is 2. The molecule has 168 valence electrons. The van der Waals surface area contributed by atoms with Gasteiger partial charge in [0.05, 0.1) is 12.3 Å². The van der Waals surface area contributed by atoms with Crippen LogP contribution in [-0.2, 0) is 4.79 Å². The predicted octanol–water partition coefficient (Wildman–Crippen LogP) is 4.74. The Hall–Kier alpha value is -3.76. The summed E-state index contributed by atoms with van der Waals surface area (Å²) in [4.78, 5) is 24.1. The molecule has 8 nitrogen and oxygen atoms in total. The van der Waals surface area contributed by atoms with Crippen molar-refractivity contribution < 1.29 is 27.2 Å². The molecule has 0 unspecified atom stereocenters. The van der Waals surface area contributed by atoms with Crippen molar-refractivity contribution in [2.45, 2.75) is 38.0 Å². The molecule has 3 aromatic rings. The second-order valence-electron chi connectivity index (χ2n) is 7.30. The van der Waals surface area contributed by atoms with Gasteiger partial charge in [-0.3, -0.25) is 9.59 Å². The maximum absolute atomic E-state index is 13.7. The zero-order valence-electron chi connectivity index (χ0n) is 16.9. The lowest BCUT2D eigenvalue weighted by Gasteiger charge is -2.32. The average Bonchev–Trinajstić information content (AvgIpc) is 3.43. The molecule has 0 radical (unpaired) electrons. The molecule has 2 aromatic heterocycles. The summed E-state index contributed by atoms with van der Waals surface area (Å²) >= 11 is 0. The van der Waals surface area contributed by atoms with E-state index in [1.54, 1.807) is 43.3 Å². The molecule has 1 aliphatic heterocycles. The van der Waals surface area contributed by atoms with E-state index in [1.807, 2.05) is 0 Å². The predicted molar refractivity (Wildman–Crippen MR) is 110 cm³/mol. The van der Waals surface area contributed by atoms with Crippen LogP contribution in [0.1, 0.15) is 48.1 Å². The van der Waals surface area contributed by atoms with Crippen molar-refractivity contribution in [2.24, 2.45) is 0 Å². The third kappa shape index (κ3) is 4.46. The zero-order chi connectivity index (χ0) is 22.9. The first kappa shape index (κ1) is 21.5. The number of alkyl halides is 3. The summed E-state index contributed by atoms with van der Waals surface area (Å²) in [6.45, 7) is 1.73. The number of hydrogen-bond acceptors (Lipinski definition) is 5. The molecule has 4 rings (SSSR count). The number of anilines is 3. The van der Waals surface area contributed by atoms with Gasteiger partial charge in [0.25, 0.3) is 5.91 Å². The largest absolute Gasteiger partial charge is 0.467 e. The van der Waals surface area contributed by atoms with Gasteiger partial charge in [0.15, 0.2) is 11.7 Å². The summed E-state index contributed by atoms with van der Waals surface area (Å²) in [7, 11) is 0. The number of rotatable bonds is 5. The molecule has 0 fully saturated rings. The monoisotopic (exact) mass is 447 g/mol. The van der Waals surface area contributed by atoms with E-state index in [-0.39, 0.29) is 23.8 Å². The summed E-state index contributed by atoms with van der Waals surface area (Å²) in [5.74, 6) is -0.366. The first-order valence-corrected chi connectivity index (χ1v) is 9.92. The van der Waals surface area contributed by atoms with Crippen molar-refractivity contribution in [2.75, 3.05) is 16.0 Å². The maximum atomic E-state index is 13.7. The lowest BCUT2D eigenvalue weighted by molar-refractivity contribution is -0.174. The number of furan rings is 1. The first-order chi connectivity index (χ1) is 15.2. The first-order valence-electron chi connectivity index (χ1n) is 9.92. The molecule has 2 atom stereocenters. The highest BCUT2D eigenvalue weighted by Gasteiger charge is 2.47. The van der Waals surface area contributed by atoms with Crippen LogP contribution in [0, 0.1) is 0 Å². The summed E-state index contributed by atoms with van der Waals surface area (Å²) in [6, 6.07) is 8.22. The van der Waals surface area contributed by atoms with Crippen LogP contribution in [0.15, 0.2) is 53.1 Å². The van der Waals surface area contributed by atoms with Crippen LogP contribution in [0.5, 0.6) is 0 Å². The molecule has 3 N–H and O–H groups in total. The van der Waals surface area contributed by atoms with Gasteiger partial charge in [-0.25, -0.2) is 4.68 Å². The van der Waals surface area contributed by atoms with Gasteiger partial charge in [-0.15, -0.1) is 0 Å². The van der Waals surface area contributed by atoms with Gasteiger partial charge in [0, 0.05) is 30.3 Å². The van der Waals surface area contributed by atoms with E-state index >= 15 is 0 Å². The number of nitrogens with one attached hydrogen (secondary N) is 3. The molecule has 3 heterocycles. The van der Waals surface area contributed by atoms with Crippen molar-refractivity contribution >= 4 is 29.0 Å². The highest BCUT2D eigenvalue weighted by atomic mass is 19.4. The van der Waals surface area contributed by atoms with Crippen molar-refractivity contribution in [3.8, 4) is 0 Å². The molecule has 0 aliphatic carbocycles. The minimum atomic E-state index is -4.56. The molecule has 0 bridgehead atoms. The Balaban J connectivity index is 1.53. The fraction of sp³-hybridized carbons (Fsp3) is 0.286. The Morgan fingerprint density at radius 1 is 1.19 bits per heavy atom. The SMILES string of the molecule is CCC(=O)Nc1ccc(NC(=O)c2cc3n(n2)[C@H](C(F)(F)F)C[C@@H](c2ccco2)N3)cc1. The molecule has 0 saturated carbocycles. The average molecular weight is 447 g/mol. The fourth-order valence-corrected chi connectivity index (χ4v) is 3.44. The van der Waals surface area contributed by atoms with E-state index in [1.165, 1.54) is 12.3 Å². The van der Waals surface area contributed by atoms with Crippen molar-refractivity contribution in [3.63, 3.8) is 0 Å². The molecular formula is C21H20F3N5O3. The molecule has 0 spiro atoms. The number of benzene rings is 1. The Bertz CT molecular complexity index is 1110. The third-order valence-electron chi connectivity index (χ3n) is 5.06. The Kier molecular flexibility index (Phi) is 5.64. The summed E-state index contributed by atoms with van der Waals surface area (Å²) in [5.41, 5.74) is 0.808. The molecule has 0 saturated heterocycles. The Morgan fingerprint density at radius 2 is 1.88 bits per heavy atom. The number of carbonyl (C=O) groups is 2. The second-order valence-corrected chi connectivity index (χ2v) is 7.30. The van der Waals surface area contributed by atoms with E-state index in [0.29, 0.717) is 23.6 Å². The van der Waals surface area contributed by atoms with Crippen LogP contribution in [0.4, 0.5) is 30.4 Å².